The van der Waals surface area contributed by atoms with Gasteiger partial charge in [-0.15, -0.1) is 0 Å². The lowest BCUT2D eigenvalue weighted by molar-refractivity contribution is -0.105. The molecule has 0 unspecified atom stereocenters. The van der Waals surface area contributed by atoms with E-state index in [4.69, 9.17) is 0 Å². The summed E-state index contributed by atoms with van der Waals surface area (Å²) in [7, 11) is 0. The molecule has 2 N–H and O–H groups in total. The Morgan fingerprint density at radius 1 is 1.35 bits per heavy atom. The molecule has 0 spiro atoms. The van der Waals surface area contributed by atoms with Crippen molar-refractivity contribution in [1.29, 1.82) is 0 Å². The van der Waals surface area contributed by atoms with Crippen LogP contribution in [-0.2, 0) is 11.2 Å². The summed E-state index contributed by atoms with van der Waals surface area (Å²) < 4.78 is 0. The lowest BCUT2D eigenvalue weighted by Crippen LogP contribution is -2.42. The first-order valence-corrected chi connectivity index (χ1v) is 6.45. The zero-order valence-corrected chi connectivity index (χ0v) is 9.91. The Hall–Kier alpha value is -1.35. The number of piperidine rings is 1. The lowest BCUT2D eigenvalue weighted by Gasteiger charge is -2.38. The van der Waals surface area contributed by atoms with Crippen molar-refractivity contribution in [3.05, 3.63) is 29.3 Å². The zero-order chi connectivity index (χ0) is 11.7. The van der Waals surface area contributed by atoms with Crippen LogP contribution in [0, 0.1) is 0 Å². The molecule has 1 saturated heterocycles. The minimum absolute atomic E-state index is 0.580. The summed E-state index contributed by atoms with van der Waals surface area (Å²) in [6.45, 7) is 1.14. The highest BCUT2D eigenvalue weighted by Gasteiger charge is 2.32. The SMILES string of the molecule is O=CNc1cccc2c1[C@@H]1CCCN[C@H]1CC2. The van der Waals surface area contributed by atoms with E-state index in [1.165, 1.54) is 30.4 Å². The van der Waals surface area contributed by atoms with Gasteiger partial charge in [-0.1, -0.05) is 12.1 Å². The van der Waals surface area contributed by atoms with Crippen LogP contribution in [0.2, 0.25) is 0 Å². The third-order valence-electron chi connectivity index (χ3n) is 4.09. The predicted octanol–water partition coefficient (Wildman–Crippen LogP) is 2.04. The molecule has 0 radical (unpaired) electrons. The number of fused-ring (bicyclic) bond motifs is 3. The van der Waals surface area contributed by atoms with Gasteiger partial charge in [0.05, 0.1) is 0 Å². The number of carbonyl (C=O) groups excluding carboxylic acids is 1. The molecule has 3 heteroatoms. The Balaban J connectivity index is 2.03. The highest BCUT2D eigenvalue weighted by molar-refractivity contribution is 5.75. The molecule has 3 nitrogen and oxygen atoms in total. The highest BCUT2D eigenvalue weighted by atomic mass is 16.1. The molecule has 1 aliphatic heterocycles. The molecule has 1 aromatic carbocycles. The smallest absolute Gasteiger partial charge is 0.211 e. The quantitative estimate of drug-likeness (QED) is 0.763. The topological polar surface area (TPSA) is 41.1 Å². The molecule has 0 saturated carbocycles. The summed E-state index contributed by atoms with van der Waals surface area (Å²) in [6.07, 6.45) is 5.60. The Morgan fingerprint density at radius 2 is 2.29 bits per heavy atom. The molecule has 1 aromatic rings. The van der Waals surface area contributed by atoms with Crippen molar-refractivity contribution in [3.8, 4) is 0 Å². The van der Waals surface area contributed by atoms with Gasteiger partial charge in [0.1, 0.15) is 0 Å². The number of anilines is 1. The second-order valence-electron chi connectivity index (χ2n) is 4.99. The highest BCUT2D eigenvalue weighted by Crippen LogP contribution is 2.40. The summed E-state index contributed by atoms with van der Waals surface area (Å²) in [5.74, 6) is 0.580. The summed E-state index contributed by atoms with van der Waals surface area (Å²) in [5.41, 5.74) is 3.81. The number of benzene rings is 1. The molecular formula is C14H18N2O. The van der Waals surface area contributed by atoms with Gasteiger partial charge >= 0.3 is 0 Å². The standard InChI is InChI=1S/C14H18N2O/c17-9-16-13-5-1-3-10-6-7-12-11(14(10)13)4-2-8-15-12/h1,3,5,9,11-12,15H,2,4,6-8H2,(H,16,17)/t11-,12+/m1/s1. The summed E-state index contributed by atoms with van der Waals surface area (Å²) >= 11 is 0. The van der Waals surface area contributed by atoms with E-state index < -0.39 is 0 Å². The van der Waals surface area contributed by atoms with Crippen LogP contribution in [0.5, 0.6) is 0 Å². The van der Waals surface area contributed by atoms with Crippen molar-refractivity contribution in [2.24, 2.45) is 0 Å². The first kappa shape index (κ1) is 10.8. The normalized spacial score (nSPS) is 26.8. The first-order chi connectivity index (χ1) is 8.40. The maximum absolute atomic E-state index is 10.7. The number of amides is 1. The number of aryl methyl sites for hydroxylation is 1. The van der Waals surface area contributed by atoms with Crippen molar-refractivity contribution in [2.75, 3.05) is 11.9 Å². The average molecular weight is 230 g/mol. The van der Waals surface area contributed by atoms with Gasteiger partial charge in [0.25, 0.3) is 0 Å². The molecule has 2 atom stereocenters. The van der Waals surface area contributed by atoms with Crippen LogP contribution in [-0.4, -0.2) is 19.0 Å². The zero-order valence-electron chi connectivity index (χ0n) is 9.91. The Kier molecular flexibility index (Phi) is 2.85. The van der Waals surface area contributed by atoms with Crippen LogP contribution in [0.4, 0.5) is 5.69 Å². The Morgan fingerprint density at radius 3 is 3.18 bits per heavy atom. The average Bonchev–Trinajstić information content (AvgIpc) is 2.39. The number of hydrogen-bond donors (Lipinski definition) is 2. The second kappa shape index (κ2) is 4.49. The fourth-order valence-electron chi connectivity index (χ4n) is 3.37. The molecule has 1 fully saturated rings. The van der Waals surface area contributed by atoms with Gasteiger partial charge < -0.3 is 10.6 Å². The molecule has 0 bridgehead atoms. The minimum Gasteiger partial charge on any atom is -0.328 e. The van der Waals surface area contributed by atoms with Crippen LogP contribution in [0.3, 0.4) is 0 Å². The van der Waals surface area contributed by atoms with Gasteiger partial charge in [-0.25, -0.2) is 0 Å². The molecule has 1 amide bonds. The largest absolute Gasteiger partial charge is 0.328 e. The third kappa shape index (κ3) is 1.84. The van der Waals surface area contributed by atoms with Gasteiger partial charge in [0.2, 0.25) is 6.41 Å². The predicted molar refractivity (Wildman–Crippen MR) is 68.2 cm³/mol. The van der Waals surface area contributed by atoms with E-state index in [0.717, 1.165) is 25.1 Å². The van der Waals surface area contributed by atoms with Crippen molar-refractivity contribution >= 4 is 12.1 Å². The molecule has 0 aromatic heterocycles. The van der Waals surface area contributed by atoms with E-state index >= 15 is 0 Å². The van der Waals surface area contributed by atoms with E-state index in [2.05, 4.69) is 16.7 Å². The van der Waals surface area contributed by atoms with Crippen molar-refractivity contribution in [3.63, 3.8) is 0 Å². The number of rotatable bonds is 2. The van der Waals surface area contributed by atoms with E-state index in [1.807, 2.05) is 12.1 Å². The number of nitrogens with one attached hydrogen (secondary N) is 2. The van der Waals surface area contributed by atoms with E-state index in [0.29, 0.717) is 12.0 Å². The third-order valence-corrected chi connectivity index (χ3v) is 4.09. The molecular weight excluding hydrogens is 212 g/mol. The molecule has 2 aliphatic rings. The summed E-state index contributed by atoms with van der Waals surface area (Å²) in [6, 6.07) is 6.87. The minimum atomic E-state index is 0.580. The van der Waals surface area contributed by atoms with Crippen LogP contribution in [0.1, 0.15) is 36.3 Å². The molecule has 1 heterocycles. The summed E-state index contributed by atoms with van der Waals surface area (Å²) in [5, 5.41) is 6.48. The van der Waals surface area contributed by atoms with Crippen molar-refractivity contribution in [2.45, 2.75) is 37.6 Å². The van der Waals surface area contributed by atoms with E-state index in [-0.39, 0.29) is 0 Å². The van der Waals surface area contributed by atoms with Crippen LogP contribution in [0.15, 0.2) is 18.2 Å². The van der Waals surface area contributed by atoms with Gasteiger partial charge in [0.15, 0.2) is 0 Å². The lowest BCUT2D eigenvalue weighted by atomic mass is 9.74. The first-order valence-electron chi connectivity index (χ1n) is 6.45. The maximum Gasteiger partial charge on any atom is 0.211 e. The number of carbonyl (C=O) groups is 1. The van der Waals surface area contributed by atoms with E-state index in [1.54, 1.807) is 0 Å². The van der Waals surface area contributed by atoms with Gasteiger partial charge in [-0.05, 0) is 49.4 Å². The van der Waals surface area contributed by atoms with Gasteiger partial charge in [0, 0.05) is 17.6 Å². The Bertz CT molecular complexity index is 430. The fraction of sp³-hybridized carbons (Fsp3) is 0.500. The van der Waals surface area contributed by atoms with Gasteiger partial charge in [-0.3, -0.25) is 4.79 Å². The fourth-order valence-corrected chi connectivity index (χ4v) is 3.37. The van der Waals surface area contributed by atoms with Crippen molar-refractivity contribution in [1.82, 2.24) is 5.32 Å². The number of hydrogen-bond acceptors (Lipinski definition) is 2. The van der Waals surface area contributed by atoms with Crippen LogP contribution in [0.25, 0.3) is 0 Å². The maximum atomic E-state index is 10.7. The second-order valence-corrected chi connectivity index (χ2v) is 4.99. The monoisotopic (exact) mass is 230 g/mol. The van der Waals surface area contributed by atoms with E-state index in [9.17, 15) is 4.79 Å². The van der Waals surface area contributed by atoms with Crippen LogP contribution >= 0.6 is 0 Å². The molecule has 1 aliphatic carbocycles. The molecule has 17 heavy (non-hydrogen) atoms. The van der Waals surface area contributed by atoms with Crippen molar-refractivity contribution < 1.29 is 4.79 Å². The molecule has 3 rings (SSSR count). The van der Waals surface area contributed by atoms with Gasteiger partial charge in [-0.2, -0.15) is 0 Å². The van der Waals surface area contributed by atoms with Crippen LogP contribution < -0.4 is 10.6 Å². The Labute approximate surface area is 102 Å². The summed E-state index contributed by atoms with van der Waals surface area (Å²) in [4.78, 5) is 10.7. The molecule has 90 valence electrons.